The highest BCUT2D eigenvalue weighted by Crippen LogP contribution is 2.10. The summed E-state index contributed by atoms with van der Waals surface area (Å²) >= 11 is 0. The van der Waals surface area contributed by atoms with Gasteiger partial charge in [0.15, 0.2) is 0 Å². The standard InChI is InChI=1S/C12H25N/c1-10(2)7-8-11(3)9-13-12(4,5)6/h11,13H,1,7-9H2,2-6H3. The van der Waals surface area contributed by atoms with E-state index >= 15 is 0 Å². The second-order valence-corrected chi connectivity index (χ2v) is 5.23. The van der Waals surface area contributed by atoms with Crippen LogP contribution in [0.3, 0.4) is 0 Å². The number of nitrogens with one attached hydrogen (secondary N) is 1. The quantitative estimate of drug-likeness (QED) is 0.644. The predicted molar refractivity (Wildman–Crippen MR) is 61.0 cm³/mol. The second kappa shape index (κ2) is 5.43. The van der Waals surface area contributed by atoms with Crippen LogP contribution >= 0.6 is 0 Å². The van der Waals surface area contributed by atoms with Crippen LogP contribution in [0.5, 0.6) is 0 Å². The molecule has 1 heteroatoms. The molecule has 0 bridgehead atoms. The van der Waals surface area contributed by atoms with Crippen LogP contribution in [0.15, 0.2) is 12.2 Å². The average Bonchev–Trinajstić information content (AvgIpc) is 1.95. The van der Waals surface area contributed by atoms with Crippen molar-refractivity contribution in [3.8, 4) is 0 Å². The Morgan fingerprint density at radius 1 is 1.38 bits per heavy atom. The zero-order valence-electron chi connectivity index (χ0n) is 9.91. The van der Waals surface area contributed by atoms with Crippen LogP contribution in [-0.2, 0) is 0 Å². The van der Waals surface area contributed by atoms with Crippen molar-refractivity contribution in [2.45, 2.75) is 53.0 Å². The first-order valence-electron chi connectivity index (χ1n) is 5.20. The molecule has 0 aliphatic carbocycles. The minimum absolute atomic E-state index is 0.248. The molecule has 0 spiro atoms. The summed E-state index contributed by atoms with van der Waals surface area (Å²) < 4.78 is 0. The first-order valence-corrected chi connectivity index (χ1v) is 5.20. The highest BCUT2D eigenvalue weighted by Gasteiger charge is 2.10. The Kier molecular flexibility index (Phi) is 5.31. The molecule has 0 aromatic carbocycles. The van der Waals surface area contributed by atoms with Gasteiger partial charge in [0.25, 0.3) is 0 Å². The van der Waals surface area contributed by atoms with E-state index in [4.69, 9.17) is 0 Å². The summed E-state index contributed by atoms with van der Waals surface area (Å²) in [6.07, 6.45) is 2.41. The molecule has 0 aliphatic rings. The monoisotopic (exact) mass is 183 g/mol. The Bertz CT molecular complexity index is 153. The van der Waals surface area contributed by atoms with Gasteiger partial charge in [-0.2, -0.15) is 0 Å². The van der Waals surface area contributed by atoms with Crippen molar-refractivity contribution < 1.29 is 0 Å². The lowest BCUT2D eigenvalue weighted by molar-refractivity contribution is 0.372. The zero-order chi connectivity index (χ0) is 10.5. The number of rotatable bonds is 5. The summed E-state index contributed by atoms with van der Waals surface area (Å²) in [6.45, 7) is 16.0. The van der Waals surface area contributed by atoms with Gasteiger partial charge in [-0.05, 0) is 53.0 Å². The maximum Gasteiger partial charge on any atom is 0.00966 e. The van der Waals surface area contributed by atoms with E-state index in [1.54, 1.807) is 0 Å². The van der Waals surface area contributed by atoms with Crippen LogP contribution in [0, 0.1) is 5.92 Å². The minimum Gasteiger partial charge on any atom is -0.312 e. The van der Waals surface area contributed by atoms with Gasteiger partial charge < -0.3 is 5.32 Å². The normalized spacial score (nSPS) is 14.2. The van der Waals surface area contributed by atoms with E-state index in [0.717, 1.165) is 18.9 Å². The summed E-state index contributed by atoms with van der Waals surface area (Å²) in [4.78, 5) is 0. The molecule has 0 rings (SSSR count). The number of hydrogen-bond donors (Lipinski definition) is 1. The van der Waals surface area contributed by atoms with E-state index in [1.807, 2.05) is 0 Å². The minimum atomic E-state index is 0.248. The van der Waals surface area contributed by atoms with Gasteiger partial charge in [-0.3, -0.25) is 0 Å². The topological polar surface area (TPSA) is 12.0 Å². The Morgan fingerprint density at radius 3 is 2.31 bits per heavy atom. The SMILES string of the molecule is C=C(C)CCC(C)CNC(C)(C)C. The number of allylic oxidation sites excluding steroid dienone is 1. The fraction of sp³-hybridized carbons (Fsp3) is 0.833. The van der Waals surface area contributed by atoms with E-state index < -0.39 is 0 Å². The molecule has 0 amide bonds. The third-order valence-electron chi connectivity index (χ3n) is 2.04. The van der Waals surface area contributed by atoms with E-state index in [1.165, 1.54) is 12.0 Å². The molecule has 1 unspecified atom stereocenters. The predicted octanol–water partition coefficient (Wildman–Crippen LogP) is 3.37. The molecule has 0 aromatic heterocycles. The largest absolute Gasteiger partial charge is 0.312 e. The number of hydrogen-bond acceptors (Lipinski definition) is 1. The lowest BCUT2D eigenvalue weighted by Crippen LogP contribution is -2.38. The van der Waals surface area contributed by atoms with Crippen LogP contribution in [0.4, 0.5) is 0 Å². The highest BCUT2D eigenvalue weighted by molar-refractivity contribution is 4.88. The molecule has 1 N–H and O–H groups in total. The summed E-state index contributed by atoms with van der Waals surface area (Å²) in [5, 5.41) is 3.52. The molecular formula is C12H25N. The van der Waals surface area contributed by atoms with Crippen molar-refractivity contribution in [3.63, 3.8) is 0 Å². The van der Waals surface area contributed by atoms with E-state index in [-0.39, 0.29) is 5.54 Å². The molecule has 1 nitrogen and oxygen atoms in total. The average molecular weight is 183 g/mol. The Labute approximate surface area is 83.6 Å². The first-order chi connectivity index (χ1) is 5.81. The summed E-state index contributed by atoms with van der Waals surface area (Å²) in [5.74, 6) is 0.746. The summed E-state index contributed by atoms with van der Waals surface area (Å²) in [7, 11) is 0. The van der Waals surface area contributed by atoms with E-state index in [9.17, 15) is 0 Å². The Balaban J connectivity index is 3.52. The summed E-state index contributed by atoms with van der Waals surface area (Å²) in [6, 6.07) is 0. The van der Waals surface area contributed by atoms with Crippen molar-refractivity contribution in [2.24, 2.45) is 5.92 Å². The van der Waals surface area contributed by atoms with Crippen LogP contribution in [-0.4, -0.2) is 12.1 Å². The Hall–Kier alpha value is -0.300. The summed E-state index contributed by atoms with van der Waals surface area (Å²) in [5.41, 5.74) is 1.54. The third kappa shape index (κ3) is 9.62. The highest BCUT2D eigenvalue weighted by atomic mass is 14.9. The molecule has 0 saturated carbocycles. The van der Waals surface area contributed by atoms with Gasteiger partial charge in [-0.1, -0.05) is 12.5 Å². The van der Waals surface area contributed by atoms with Crippen molar-refractivity contribution in [3.05, 3.63) is 12.2 Å². The van der Waals surface area contributed by atoms with Gasteiger partial charge in [-0.25, -0.2) is 0 Å². The molecule has 0 radical (unpaired) electrons. The Morgan fingerprint density at radius 2 is 1.92 bits per heavy atom. The molecule has 13 heavy (non-hydrogen) atoms. The van der Waals surface area contributed by atoms with Gasteiger partial charge in [0, 0.05) is 5.54 Å². The molecule has 0 aliphatic heterocycles. The van der Waals surface area contributed by atoms with Crippen molar-refractivity contribution in [2.75, 3.05) is 6.54 Å². The fourth-order valence-corrected chi connectivity index (χ4v) is 1.08. The first kappa shape index (κ1) is 12.7. The smallest absolute Gasteiger partial charge is 0.00966 e. The van der Waals surface area contributed by atoms with E-state index in [0.29, 0.717) is 0 Å². The van der Waals surface area contributed by atoms with Gasteiger partial charge in [0.1, 0.15) is 0 Å². The fourth-order valence-electron chi connectivity index (χ4n) is 1.08. The van der Waals surface area contributed by atoms with Crippen LogP contribution in [0.2, 0.25) is 0 Å². The maximum absolute atomic E-state index is 3.92. The maximum atomic E-state index is 3.92. The van der Waals surface area contributed by atoms with Crippen LogP contribution in [0.25, 0.3) is 0 Å². The molecule has 0 fully saturated rings. The molecular weight excluding hydrogens is 158 g/mol. The second-order valence-electron chi connectivity index (χ2n) is 5.23. The van der Waals surface area contributed by atoms with Crippen LogP contribution < -0.4 is 5.32 Å². The van der Waals surface area contributed by atoms with Crippen molar-refractivity contribution >= 4 is 0 Å². The van der Waals surface area contributed by atoms with Gasteiger partial charge >= 0.3 is 0 Å². The third-order valence-corrected chi connectivity index (χ3v) is 2.04. The lowest BCUT2D eigenvalue weighted by Gasteiger charge is -2.23. The van der Waals surface area contributed by atoms with Crippen molar-refractivity contribution in [1.29, 1.82) is 0 Å². The molecule has 0 aromatic rings. The van der Waals surface area contributed by atoms with Gasteiger partial charge in [-0.15, -0.1) is 6.58 Å². The van der Waals surface area contributed by atoms with Gasteiger partial charge in [0.2, 0.25) is 0 Å². The lowest BCUT2D eigenvalue weighted by atomic mass is 10.0. The molecule has 78 valence electrons. The van der Waals surface area contributed by atoms with Crippen molar-refractivity contribution in [1.82, 2.24) is 5.32 Å². The molecule has 1 atom stereocenters. The van der Waals surface area contributed by atoms with Gasteiger partial charge in [0.05, 0.1) is 0 Å². The van der Waals surface area contributed by atoms with Crippen LogP contribution in [0.1, 0.15) is 47.5 Å². The molecule has 0 heterocycles. The van der Waals surface area contributed by atoms with E-state index in [2.05, 4.69) is 46.5 Å². The zero-order valence-corrected chi connectivity index (χ0v) is 9.91. The molecule has 0 saturated heterocycles.